The topological polar surface area (TPSA) is 166 Å². The van der Waals surface area contributed by atoms with Gasteiger partial charge in [0.25, 0.3) is 0 Å². The van der Waals surface area contributed by atoms with Crippen molar-refractivity contribution in [1.29, 1.82) is 0 Å². The van der Waals surface area contributed by atoms with E-state index in [9.17, 15) is 30.3 Å². The molecule has 0 aromatic rings. The summed E-state index contributed by atoms with van der Waals surface area (Å²) < 4.78 is 14.9. The Bertz CT molecular complexity index is 451. The lowest BCUT2D eigenvalue weighted by atomic mass is 9.99. The maximum Gasteiger partial charge on any atom is 0.371 e. The zero-order valence-corrected chi connectivity index (χ0v) is 11.5. The van der Waals surface area contributed by atoms with E-state index in [2.05, 4.69) is 0 Å². The van der Waals surface area contributed by atoms with E-state index in [0.29, 0.717) is 0 Å². The molecule has 1 fully saturated rings. The third-order valence-corrected chi connectivity index (χ3v) is 3.50. The van der Waals surface area contributed by atoms with Crippen molar-refractivity contribution >= 4 is 5.97 Å². The summed E-state index contributed by atoms with van der Waals surface area (Å²) in [6.07, 6.45) is -11.1. The zero-order chi connectivity index (χ0) is 16.6. The van der Waals surface area contributed by atoms with Gasteiger partial charge in [-0.3, -0.25) is 0 Å². The Labute approximate surface area is 124 Å². The first-order valence-electron chi connectivity index (χ1n) is 6.55. The van der Waals surface area contributed by atoms with Crippen molar-refractivity contribution in [1.82, 2.24) is 0 Å². The normalized spacial score (nSPS) is 45.8. The van der Waals surface area contributed by atoms with E-state index in [1.165, 1.54) is 6.92 Å². The van der Waals surface area contributed by atoms with Crippen molar-refractivity contribution in [3.8, 4) is 0 Å². The number of rotatable bonds is 3. The van der Waals surface area contributed by atoms with Crippen LogP contribution in [0.4, 0.5) is 0 Å². The van der Waals surface area contributed by atoms with Crippen molar-refractivity contribution in [3.05, 3.63) is 11.8 Å². The lowest BCUT2D eigenvalue weighted by molar-refractivity contribution is -0.328. The number of ether oxygens (including phenoxy) is 3. The smallest absolute Gasteiger partial charge is 0.371 e. The first-order chi connectivity index (χ1) is 10.2. The molecule has 2 rings (SSSR count). The summed E-state index contributed by atoms with van der Waals surface area (Å²) >= 11 is 0. The van der Waals surface area contributed by atoms with Crippen LogP contribution < -0.4 is 0 Å². The zero-order valence-electron chi connectivity index (χ0n) is 11.5. The van der Waals surface area contributed by atoms with E-state index in [1.54, 1.807) is 0 Å². The molecule has 0 spiro atoms. The molecular formula is C12H18O10. The minimum atomic E-state index is -1.68. The van der Waals surface area contributed by atoms with Gasteiger partial charge >= 0.3 is 5.97 Å². The van der Waals surface area contributed by atoms with Crippen LogP contribution in [0.15, 0.2) is 11.8 Å². The summed E-state index contributed by atoms with van der Waals surface area (Å²) in [6.45, 7) is 1.42. The van der Waals surface area contributed by atoms with Crippen molar-refractivity contribution in [2.45, 2.75) is 56.1 Å². The van der Waals surface area contributed by atoms with Gasteiger partial charge in [0.2, 0.25) is 12.0 Å². The van der Waals surface area contributed by atoms with Crippen LogP contribution in [0.3, 0.4) is 0 Å². The van der Waals surface area contributed by atoms with E-state index in [4.69, 9.17) is 19.3 Å². The lowest BCUT2D eigenvalue weighted by Gasteiger charge is -2.41. The summed E-state index contributed by atoms with van der Waals surface area (Å²) in [5.41, 5.74) is 0. The summed E-state index contributed by atoms with van der Waals surface area (Å²) in [5.74, 6) is -2.15. The Balaban J connectivity index is 2.12. The average molecular weight is 322 g/mol. The maximum atomic E-state index is 10.9. The van der Waals surface area contributed by atoms with Crippen LogP contribution in [0.2, 0.25) is 0 Å². The van der Waals surface area contributed by atoms with Crippen LogP contribution in [0.5, 0.6) is 0 Å². The molecule has 1 saturated heterocycles. The second-order valence-electron chi connectivity index (χ2n) is 5.12. The molecule has 2 aliphatic heterocycles. The molecule has 2 aliphatic rings. The van der Waals surface area contributed by atoms with Gasteiger partial charge in [-0.15, -0.1) is 0 Å². The van der Waals surface area contributed by atoms with Crippen molar-refractivity contribution in [2.24, 2.45) is 0 Å². The standard InChI is InChI=1S/C12H18O10/c1-3-6(14)8(16)9(11(19)20-3)22-12-7(15)4(13)2-5(21-12)10(17)18/h2-4,6-9,11-16,19H,1H3,(H,17,18). The van der Waals surface area contributed by atoms with Gasteiger partial charge in [-0.25, -0.2) is 4.79 Å². The second kappa shape index (κ2) is 6.46. The average Bonchev–Trinajstić information content (AvgIpc) is 2.45. The molecule has 0 aliphatic carbocycles. The molecule has 0 bridgehead atoms. The Morgan fingerprint density at radius 1 is 1.14 bits per heavy atom. The van der Waals surface area contributed by atoms with Crippen LogP contribution >= 0.6 is 0 Å². The molecule has 6 N–H and O–H groups in total. The number of aliphatic hydroxyl groups is 5. The van der Waals surface area contributed by atoms with Crippen LogP contribution in [0, 0.1) is 0 Å². The molecular weight excluding hydrogens is 304 g/mol. The van der Waals surface area contributed by atoms with Gasteiger partial charge in [-0.1, -0.05) is 0 Å². The quantitative estimate of drug-likeness (QED) is 0.313. The Morgan fingerprint density at radius 3 is 2.36 bits per heavy atom. The number of hydrogen-bond donors (Lipinski definition) is 6. The highest BCUT2D eigenvalue weighted by molar-refractivity contribution is 5.84. The fraction of sp³-hybridized carbons (Fsp3) is 0.750. The fourth-order valence-corrected chi connectivity index (χ4v) is 2.20. The van der Waals surface area contributed by atoms with E-state index in [-0.39, 0.29) is 0 Å². The molecule has 0 aromatic carbocycles. The molecule has 0 amide bonds. The molecule has 10 heteroatoms. The van der Waals surface area contributed by atoms with E-state index < -0.39 is 60.9 Å². The van der Waals surface area contributed by atoms with Crippen molar-refractivity contribution < 1.29 is 49.6 Å². The molecule has 2 heterocycles. The monoisotopic (exact) mass is 322 g/mol. The van der Waals surface area contributed by atoms with E-state index in [1.807, 2.05) is 0 Å². The molecule has 0 aromatic heterocycles. The molecule has 8 unspecified atom stereocenters. The summed E-state index contributed by atoms with van der Waals surface area (Å²) in [4.78, 5) is 10.9. The third-order valence-electron chi connectivity index (χ3n) is 3.50. The number of aliphatic carboxylic acids is 1. The lowest BCUT2D eigenvalue weighted by Crippen LogP contribution is -2.60. The van der Waals surface area contributed by atoms with Crippen LogP contribution in [-0.4, -0.2) is 85.8 Å². The highest BCUT2D eigenvalue weighted by atomic mass is 16.7. The number of aliphatic hydroxyl groups excluding tert-OH is 5. The number of carboxylic acids is 1. The fourth-order valence-electron chi connectivity index (χ4n) is 2.20. The minimum Gasteiger partial charge on any atom is -0.475 e. The van der Waals surface area contributed by atoms with Crippen molar-refractivity contribution in [3.63, 3.8) is 0 Å². The van der Waals surface area contributed by atoms with Gasteiger partial charge in [0.1, 0.15) is 30.5 Å². The number of carboxylic acid groups (broad SMARTS) is 1. The van der Waals surface area contributed by atoms with Gasteiger partial charge < -0.3 is 44.8 Å². The van der Waals surface area contributed by atoms with E-state index in [0.717, 1.165) is 6.08 Å². The Morgan fingerprint density at radius 2 is 1.77 bits per heavy atom. The van der Waals surface area contributed by atoms with Crippen LogP contribution in [0.1, 0.15) is 6.92 Å². The molecule has 0 radical (unpaired) electrons. The molecule has 10 nitrogen and oxygen atoms in total. The van der Waals surface area contributed by atoms with Gasteiger partial charge in [-0.05, 0) is 13.0 Å². The predicted molar refractivity (Wildman–Crippen MR) is 66.0 cm³/mol. The first kappa shape index (κ1) is 17.1. The van der Waals surface area contributed by atoms with Crippen molar-refractivity contribution in [2.75, 3.05) is 0 Å². The Kier molecular flexibility index (Phi) is 5.02. The van der Waals surface area contributed by atoms with Gasteiger partial charge in [0, 0.05) is 0 Å². The van der Waals surface area contributed by atoms with Gasteiger partial charge in [-0.2, -0.15) is 0 Å². The second-order valence-corrected chi connectivity index (χ2v) is 5.12. The molecule has 8 atom stereocenters. The highest BCUT2D eigenvalue weighted by Crippen LogP contribution is 2.27. The maximum absolute atomic E-state index is 10.9. The highest BCUT2D eigenvalue weighted by Gasteiger charge is 2.46. The summed E-state index contributed by atoms with van der Waals surface area (Å²) in [7, 11) is 0. The first-order valence-corrected chi connectivity index (χ1v) is 6.55. The largest absolute Gasteiger partial charge is 0.475 e. The summed E-state index contributed by atoms with van der Waals surface area (Å²) in [6, 6.07) is 0. The van der Waals surface area contributed by atoms with Gasteiger partial charge in [0.15, 0.2) is 6.29 Å². The van der Waals surface area contributed by atoms with Crippen LogP contribution in [0.25, 0.3) is 0 Å². The molecule has 126 valence electrons. The van der Waals surface area contributed by atoms with E-state index >= 15 is 0 Å². The third kappa shape index (κ3) is 3.22. The number of carbonyl (C=O) groups is 1. The molecule has 22 heavy (non-hydrogen) atoms. The summed E-state index contributed by atoms with van der Waals surface area (Å²) in [5, 5.41) is 57.5. The SMILES string of the molecule is CC1OC(O)C(OC2OC(C(=O)O)=CC(O)C2O)C(O)C1O. The van der Waals surface area contributed by atoms with Crippen LogP contribution in [-0.2, 0) is 19.0 Å². The Hall–Kier alpha value is -1.27. The molecule has 0 saturated carbocycles. The predicted octanol–water partition coefficient (Wildman–Crippen LogP) is -3.12. The number of hydrogen-bond acceptors (Lipinski definition) is 9. The minimum absolute atomic E-state index is 0.655. The van der Waals surface area contributed by atoms with Gasteiger partial charge in [0.05, 0.1) is 6.10 Å².